The second kappa shape index (κ2) is 10.5. The maximum Gasteiger partial charge on any atom is 0.251 e. The quantitative estimate of drug-likeness (QED) is 0.340. The summed E-state index contributed by atoms with van der Waals surface area (Å²) in [6.07, 6.45) is 7.50. The van der Waals surface area contributed by atoms with E-state index in [1.165, 1.54) is 25.3 Å². The molecule has 1 fully saturated rings. The molecule has 1 aliphatic rings. The van der Waals surface area contributed by atoms with Gasteiger partial charge in [-0.3, -0.25) is 14.8 Å². The Bertz CT molecular complexity index is 1590. The van der Waals surface area contributed by atoms with E-state index >= 15 is 0 Å². The van der Waals surface area contributed by atoms with E-state index < -0.39 is 15.7 Å². The van der Waals surface area contributed by atoms with Crippen LogP contribution in [0.1, 0.15) is 40.5 Å². The van der Waals surface area contributed by atoms with Crippen LogP contribution < -0.4 is 5.32 Å². The number of carbonyl (C=O) groups is 1. The van der Waals surface area contributed by atoms with Crippen molar-refractivity contribution in [3.05, 3.63) is 77.0 Å². The van der Waals surface area contributed by atoms with Crippen molar-refractivity contribution in [2.75, 3.05) is 19.5 Å². The molecule has 0 aliphatic heterocycles. The molecular formula is C26H24ClN5O4S. The molecule has 9 nitrogen and oxygen atoms in total. The number of methoxy groups -OCH3 is 1. The molecule has 3 heterocycles. The highest BCUT2D eigenvalue weighted by molar-refractivity contribution is 7.91. The van der Waals surface area contributed by atoms with E-state index in [9.17, 15) is 13.2 Å². The summed E-state index contributed by atoms with van der Waals surface area (Å²) in [7, 11) is -2.28. The third-order valence-electron chi connectivity index (χ3n) is 6.06. The van der Waals surface area contributed by atoms with Crippen LogP contribution in [0.3, 0.4) is 0 Å². The topological polar surface area (TPSA) is 124 Å². The lowest BCUT2D eigenvalue weighted by Gasteiger charge is -2.10. The van der Waals surface area contributed by atoms with Crippen LogP contribution in [0.25, 0.3) is 22.3 Å². The minimum Gasteiger partial charge on any atom is -0.384 e. The van der Waals surface area contributed by atoms with E-state index in [0.717, 1.165) is 29.6 Å². The average Bonchev–Trinajstić information content (AvgIpc) is 3.76. The first-order valence-corrected chi connectivity index (χ1v) is 13.7. The number of ether oxygens (including phenoxy) is 1. The highest BCUT2D eigenvalue weighted by Gasteiger charge is 2.25. The summed E-state index contributed by atoms with van der Waals surface area (Å²) >= 11 is 6.10. The van der Waals surface area contributed by atoms with Crippen LogP contribution >= 0.6 is 11.6 Å². The number of halogens is 1. The van der Waals surface area contributed by atoms with Crippen molar-refractivity contribution in [3.63, 3.8) is 0 Å². The Hall–Kier alpha value is -3.47. The molecule has 1 aliphatic carbocycles. The van der Waals surface area contributed by atoms with Gasteiger partial charge < -0.3 is 10.1 Å². The van der Waals surface area contributed by atoms with Gasteiger partial charge in [-0.25, -0.2) is 18.4 Å². The Kier molecular flexibility index (Phi) is 7.14. The largest absolute Gasteiger partial charge is 0.384 e. The molecule has 3 aromatic heterocycles. The lowest BCUT2D eigenvalue weighted by atomic mass is 10.2. The molecule has 0 bridgehead atoms. The average molecular weight is 538 g/mol. The Labute approximate surface area is 219 Å². The zero-order valence-electron chi connectivity index (χ0n) is 20.0. The number of carbonyl (C=O) groups excluding carboxylic acids is 1. The number of pyridine rings is 2. The highest BCUT2D eigenvalue weighted by atomic mass is 35.5. The number of hydrogen-bond acceptors (Lipinski definition) is 8. The van der Waals surface area contributed by atoms with E-state index in [-0.39, 0.29) is 34.4 Å². The van der Waals surface area contributed by atoms with Gasteiger partial charge in [-0.15, -0.1) is 0 Å². The number of sulfone groups is 1. The van der Waals surface area contributed by atoms with Crippen molar-refractivity contribution in [1.29, 1.82) is 0 Å². The van der Waals surface area contributed by atoms with Crippen molar-refractivity contribution < 1.29 is 17.9 Å². The molecule has 11 heteroatoms. The van der Waals surface area contributed by atoms with Gasteiger partial charge in [-0.2, -0.15) is 0 Å². The van der Waals surface area contributed by atoms with Crippen molar-refractivity contribution in [3.8, 4) is 11.4 Å². The number of benzene rings is 1. The van der Waals surface area contributed by atoms with Crippen LogP contribution in [0.4, 0.5) is 0 Å². The van der Waals surface area contributed by atoms with E-state index in [2.05, 4.69) is 15.3 Å². The molecule has 1 aromatic carbocycles. The molecule has 190 valence electrons. The standard InChI is InChI=1S/C26H24ClN5O4S/c1-36-8-9-37(34,35)25-10-17(4-6-20(25)27)26(33)30-13-19-11-22-18(12-29-19)5-7-21(31-22)24-15-28-14-23(32-24)16-2-3-16/h4-7,10-12,14-16H,2-3,8-9,13H2,1H3,(H,30,33). The fraction of sp³-hybridized carbons (Fsp3) is 0.269. The molecule has 1 saturated carbocycles. The molecule has 1 amide bonds. The Balaban J connectivity index is 1.32. The van der Waals surface area contributed by atoms with E-state index in [1.54, 1.807) is 18.5 Å². The van der Waals surface area contributed by atoms with Crippen molar-refractivity contribution in [1.82, 2.24) is 25.3 Å². The summed E-state index contributed by atoms with van der Waals surface area (Å²) in [5.74, 6) is -0.189. The summed E-state index contributed by atoms with van der Waals surface area (Å²) in [4.78, 5) is 30.9. The lowest BCUT2D eigenvalue weighted by molar-refractivity contribution is 0.0950. The van der Waals surface area contributed by atoms with Gasteiger partial charge in [0.05, 0.1) is 57.6 Å². The molecule has 0 radical (unpaired) electrons. The third-order valence-corrected chi connectivity index (χ3v) is 8.21. The first-order valence-electron chi connectivity index (χ1n) is 11.7. The van der Waals surface area contributed by atoms with Crippen molar-refractivity contribution in [2.45, 2.75) is 30.2 Å². The van der Waals surface area contributed by atoms with Gasteiger partial charge in [-0.05, 0) is 49.2 Å². The number of fused-ring (bicyclic) bond motifs is 1. The summed E-state index contributed by atoms with van der Waals surface area (Å²) in [5, 5.41) is 3.69. The number of nitrogens with zero attached hydrogens (tertiary/aromatic N) is 4. The molecule has 37 heavy (non-hydrogen) atoms. The van der Waals surface area contributed by atoms with Crippen molar-refractivity contribution >= 4 is 38.2 Å². The second-order valence-corrected chi connectivity index (χ2v) is 11.3. The van der Waals surface area contributed by atoms with Crippen LogP contribution in [0.2, 0.25) is 5.02 Å². The van der Waals surface area contributed by atoms with Crippen LogP contribution in [-0.4, -0.2) is 53.7 Å². The summed E-state index contributed by atoms with van der Waals surface area (Å²) in [6, 6.07) is 9.78. The number of nitrogens with one attached hydrogen (secondary N) is 1. The molecule has 1 N–H and O–H groups in total. The van der Waals surface area contributed by atoms with Crippen LogP contribution in [0.5, 0.6) is 0 Å². The molecule has 0 atom stereocenters. The van der Waals surface area contributed by atoms with Crippen LogP contribution in [0.15, 0.2) is 59.9 Å². The first kappa shape index (κ1) is 25.2. The maximum atomic E-state index is 12.8. The molecule has 4 aromatic rings. The van der Waals surface area contributed by atoms with Gasteiger partial charge in [0, 0.05) is 36.4 Å². The Morgan fingerprint density at radius 2 is 1.92 bits per heavy atom. The summed E-state index contributed by atoms with van der Waals surface area (Å²) in [5.41, 5.74) is 3.92. The number of hydrogen-bond donors (Lipinski definition) is 1. The number of aromatic nitrogens is 4. The van der Waals surface area contributed by atoms with Gasteiger partial charge in [-0.1, -0.05) is 11.6 Å². The Morgan fingerprint density at radius 3 is 2.70 bits per heavy atom. The fourth-order valence-corrected chi connectivity index (χ4v) is 5.58. The minimum atomic E-state index is -3.70. The monoisotopic (exact) mass is 537 g/mol. The van der Waals surface area contributed by atoms with Crippen LogP contribution in [-0.2, 0) is 21.1 Å². The number of amides is 1. The van der Waals surface area contributed by atoms with E-state index in [4.69, 9.17) is 26.3 Å². The molecule has 0 unspecified atom stereocenters. The molecule has 0 saturated heterocycles. The van der Waals surface area contributed by atoms with Gasteiger partial charge in [0.2, 0.25) is 0 Å². The maximum absolute atomic E-state index is 12.8. The second-order valence-electron chi connectivity index (χ2n) is 8.81. The minimum absolute atomic E-state index is 0.0248. The molecule has 0 spiro atoms. The lowest BCUT2D eigenvalue weighted by Crippen LogP contribution is -2.24. The summed E-state index contributed by atoms with van der Waals surface area (Å²) in [6.45, 7) is 0.156. The number of rotatable bonds is 9. The predicted molar refractivity (Wildman–Crippen MR) is 139 cm³/mol. The van der Waals surface area contributed by atoms with Gasteiger partial charge in [0.15, 0.2) is 9.84 Å². The van der Waals surface area contributed by atoms with Gasteiger partial charge >= 0.3 is 0 Å². The zero-order chi connectivity index (χ0) is 26.0. The first-order chi connectivity index (χ1) is 17.8. The van der Waals surface area contributed by atoms with E-state index in [0.29, 0.717) is 22.8 Å². The Morgan fingerprint density at radius 1 is 1.08 bits per heavy atom. The summed E-state index contributed by atoms with van der Waals surface area (Å²) < 4.78 is 30.0. The normalized spacial score (nSPS) is 13.6. The highest BCUT2D eigenvalue weighted by Crippen LogP contribution is 2.39. The molecular weight excluding hydrogens is 514 g/mol. The smallest absolute Gasteiger partial charge is 0.251 e. The zero-order valence-corrected chi connectivity index (χ0v) is 21.6. The molecule has 5 rings (SSSR count). The van der Waals surface area contributed by atoms with Gasteiger partial charge in [0.1, 0.15) is 5.69 Å². The predicted octanol–water partition coefficient (Wildman–Crippen LogP) is 3.97. The van der Waals surface area contributed by atoms with E-state index in [1.807, 2.05) is 18.3 Å². The van der Waals surface area contributed by atoms with Crippen molar-refractivity contribution in [2.24, 2.45) is 0 Å². The third kappa shape index (κ3) is 5.76. The fourth-order valence-electron chi connectivity index (χ4n) is 3.84. The van der Waals surface area contributed by atoms with Crippen LogP contribution in [0, 0.1) is 0 Å². The SMILES string of the molecule is COCCS(=O)(=O)c1cc(C(=O)NCc2cc3nc(-c4cncc(C5CC5)n4)ccc3cn2)ccc1Cl. The van der Waals surface area contributed by atoms with Gasteiger partial charge in [0.25, 0.3) is 5.91 Å².